The molecule has 262 valence electrons. The summed E-state index contributed by atoms with van der Waals surface area (Å²) >= 11 is 0. The Balaban J connectivity index is 1.38. The van der Waals surface area contributed by atoms with E-state index in [-0.39, 0.29) is 46.1 Å². The first-order valence-corrected chi connectivity index (χ1v) is 19.7. The van der Waals surface area contributed by atoms with Gasteiger partial charge in [0.15, 0.2) is 17.6 Å². The highest BCUT2D eigenvalue weighted by atomic mass is 33.1. The second kappa shape index (κ2) is 14.1. The van der Waals surface area contributed by atoms with Crippen molar-refractivity contribution in [2.45, 2.75) is 81.7 Å². The minimum absolute atomic E-state index is 0.122. The monoisotopic (exact) mass is 706 g/mol. The summed E-state index contributed by atoms with van der Waals surface area (Å²) in [6.45, 7) is 4.56. The molecule has 4 bridgehead atoms. The maximum Gasteiger partial charge on any atom is 0.207 e. The number of benzene rings is 3. The molecule has 2 aliphatic carbocycles. The third kappa shape index (κ3) is 6.40. The number of hydrogen-bond acceptors (Lipinski definition) is 10. The molecule has 4 aliphatic rings. The zero-order valence-electron chi connectivity index (χ0n) is 28.5. The molecule has 3 aromatic rings. The van der Waals surface area contributed by atoms with E-state index in [2.05, 4.69) is 26.0 Å². The molecule has 49 heavy (non-hydrogen) atoms. The fourth-order valence-electron chi connectivity index (χ4n) is 8.05. The average Bonchev–Trinajstić information content (AvgIpc) is 3.09. The van der Waals surface area contributed by atoms with Gasteiger partial charge in [0.05, 0.1) is 20.8 Å². The molecule has 0 unspecified atom stereocenters. The Morgan fingerprint density at radius 1 is 0.980 bits per heavy atom. The van der Waals surface area contributed by atoms with Gasteiger partial charge in [-0.05, 0) is 91.2 Å². The molecule has 10 heteroatoms. The van der Waals surface area contributed by atoms with Crippen molar-refractivity contribution in [2.75, 3.05) is 26.6 Å². The van der Waals surface area contributed by atoms with Crippen molar-refractivity contribution in [3.63, 3.8) is 0 Å². The molecule has 0 aromatic heterocycles. The van der Waals surface area contributed by atoms with Crippen molar-refractivity contribution in [1.29, 1.82) is 0 Å². The zero-order valence-corrected chi connectivity index (χ0v) is 30.1. The van der Waals surface area contributed by atoms with Crippen LogP contribution in [0.4, 0.5) is 0 Å². The highest BCUT2D eigenvalue weighted by molar-refractivity contribution is 8.77. The van der Waals surface area contributed by atoms with E-state index >= 15 is 0 Å². The predicted octanol–water partition coefficient (Wildman–Crippen LogP) is 8.64. The summed E-state index contributed by atoms with van der Waals surface area (Å²) in [5.41, 5.74) is 5.51. The van der Waals surface area contributed by atoms with Crippen molar-refractivity contribution >= 4 is 21.6 Å². The summed E-state index contributed by atoms with van der Waals surface area (Å²) in [4.78, 5) is 0. The number of allylic oxidation sites excluding steroid dienone is 1. The molecule has 3 aromatic carbocycles. The summed E-state index contributed by atoms with van der Waals surface area (Å²) in [6.07, 6.45) is 8.42. The van der Waals surface area contributed by atoms with Gasteiger partial charge in [-0.25, -0.2) is 0 Å². The fraction of sp³-hybridized carbons (Fsp3) is 0.487. The number of ether oxygens (including phenoxy) is 4. The summed E-state index contributed by atoms with van der Waals surface area (Å²) in [5.74, 6) is 2.41. The Kier molecular flexibility index (Phi) is 9.83. The molecule has 6 atom stereocenters. The van der Waals surface area contributed by atoms with Gasteiger partial charge in [0.2, 0.25) is 11.5 Å². The van der Waals surface area contributed by atoms with Gasteiger partial charge in [-0.3, -0.25) is 0 Å². The molecule has 2 aliphatic heterocycles. The number of hydrogen-bond donors (Lipinski definition) is 4. The highest BCUT2D eigenvalue weighted by Crippen LogP contribution is 2.58. The Hall–Kier alpha value is -3.34. The average molecular weight is 707 g/mol. The number of methoxy groups -OCH3 is 2. The van der Waals surface area contributed by atoms with Crippen molar-refractivity contribution in [2.24, 2.45) is 11.8 Å². The van der Waals surface area contributed by atoms with E-state index in [1.54, 1.807) is 30.0 Å². The summed E-state index contributed by atoms with van der Waals surface area (Å²) in [6, 6.07) is 9.11. The lowest BCUT2D eigenvalue weighted by atomic mass is 9.71. The zero-order chi connectivity index (χ0) is 34.4. The lowest BCUT2D eigenvalue weighted by molar-refractivity contribution is 0.00296. The molecule has 4 N–H and O–H groups in total. The van der Waals surface area contributed by atoms with Crippen LogP contribution in [0.3, 0.4) is 0 Å². The number of rotatable bonds is 7. The van der Waals surface area contributed by atoms with E-state index < -0.39 is 12.2 Å². The van der Waals surface area contributed by atoms with Crippen LogP contribution in [0.5, 0.6) is 40.2 Å². The van der Waals surface area contributed by atoms with Gasteiger partial charge in [-0.1, -0.05) is 53.7 Å². The molecule has 0 radical (unpaired) electrons. The minimum atomic E-state index is -1.04. The summed E-state index contributed by atoms with van der Waals surface area (Å²) in [5, 5.41) is 45.8. The summed E-state index contributed by atoms with van der Waals surface area (Å²) < 4.78 is 24.2. The first-order chi connectivity index (χ1) is 23.7. The molecule has 0 saturated heterocycles. The van der Waals surface area contributed by atoms with Crippen molar-refractivity contribution in [3.05, 3.63) is 64.7 Å². The molecular formula is C39H46O8S2. The van der Waals surface area contributed by atoms with E-state index in [4.69, 9.17) is 18.9 Å². The van der Waals surface area contributed by atoms with Crippen LogP contribution in [0.2, 0.25) is 0 Å². The molecule has 0 saturated carbocycles. The molecule has 8 nitrogen and oxygen atoms in total. The highest BCUT2D eigenvalue weighted by Gasteiger charge is 2.45. The van der Waals surface area contributed by atoms with Gasteiger partial charge in [0.1, 0.15) is 23.4 Å². The topological polar surface area (TPSA) is 118 Å². The molecule has 2 heterocycles. The summed E-state index contributed by atoms with van der Waals surface area (Å²) in [7, 11) is 6.66. The molecule has 0 fully saturated rings. The van der Waals surface area contributed by atoms with E-state index in [1.165, 1.54) is 7.11 Å². The standard InChI is InChI=1S/C39H46O8S2/c1-20(2)12-13-46-32-17-28(35(41)39(45-4)37(32)43)38-36(42)29-19-48-49-24-7-5-6-21(14-24)8-9-22-15-27-33(25-11-10-23(40)16-26(22)25)30(44-3)18-31(47-38)34(27)29/h5,7,10-11,16-18,20-22,24,29,36,38,40-43H,6,8-9,12-15,19H2,1-4H3/t21-,22+,24+,29-,36-,38-/m1/s1. The lowest BCUT2D eigenvalue weighted by Crippen LogP contribution is -2.37. The van der Waals surface area contributed by atoms with Crippen LogP contribution >= 0.6 is 21.6 Å². The van der Waals surface area contributed by atoms with Gasteiger partial charge >= 0.3 is 0 Å². The van der Waals surface area contributed by atoms with E-state index in [1.807, 2.05) is 29.0 Å². The quantitative estimate of drug-likeness (QED) is 0.141. The van der Waals surface area contributed by atoms with Gasteiger partial charge in [0, 0.05) is 39.7 Å². The van der Waals surface area contributed by atoms with E-state index in [0.717, 1.165) is 66.3 Å². The maximum absolute atomic E-state index is 12.4. The number of aromatic hydroxyl groups is 3. The smallest absolute Gasteiger partial charge is 0.207 e. The predicted molar refractivity (Wildman–Crippen MR) is 195 cm³/mol. The van der Waals surface area contributed by atoms with Crippen LogP contribution in [0.25, 0.3) is 11.1 Å². The minimum Gasteiger partial charge on any atom is -0.508 e. The van der Waals surface area contributed by atoms with Crippen LogP contribution in [-0.4, -0.2) is 58.4 Å². The lowest BCUT2D eigenvalue weighted by Gasteiger charge is -2.41. The first-order valence-electron chi connectivity index (χ1n) is 17.3. The van der Waals surface area contributed by atoms with Gasteiger partial charge in [-0.15, -0.1) is 0 Å². The van der Waals surface area contributed by atoms with Crippen LogP contribution in [-0.2, 0) is 6.42 Å². The second-order valence-corrected chi connectivity index (χ2v) is 16.8. The van der Waals surface area contributed by atoms with Gasteiger partial charge in [0.25, 0.3) is 0 Å². The number of aliphatic hydroxyl groups excluding tert-OH is 1. The largest absolute Gasteiger partial charge is 0.508 e. The number of fused-ring (bicyclic) bond motifs is 6. The van der Waals surface area contributed by atoms with Crippen LogP contribution in [0, 0.1) is 11.8 Å². The van der Waals surface area contributed by atoms with Crippen molar-refractivity contribution < 1.29 is 39.4 Å². The molecule has 0 spiro atoms. The Bertz CT molecular complexity index is 1740. The Morgan fingerprint density at radius 3 is 2.59 bits per heavy atom. The van der Waals surface area contributed by atoms with Crippen LogP contribution in [0.1, 0.15) is 86.1 Å². The second-order valence-electron chi connectivity index (χ2n) is 14.1. The Labute approximate surface area is 296 Å². The normalized spacial score (nSPS) is 25.7. The van der Waals surface area contributed by atoms with Crippen LogP contribution < -0.4 is 18.9 Å². The number of phenolic OH excluding ortho intramolecular Hbond substituents is 3. The maximum atomic E-state index is 12.4. The number of phenols is 3. The Morgan fingerprint density at radius 2 is 1.82 bits per heavy atom. The van der Waals surface area contributed by atoms with E-state index in [0.29, 0.717) is 40.9 Å². The van der Waals surface area contributed by atoms with Crippen molar-refractivity contribution in [1.82, 2.24) is 0 Å². The van der Waals surface area contributed by atoms with Gasteiger partial charge in [-0.2, -0.15) is 0 Å². The SMILES string of the molecule is COc1cc2c3c4c1-c1ccc(O)cc1[C@@H](CC[C@H]1CC=C[C@@H](C1)SSC[C@H]3[C@@H](O)[C@@H](c1cc(OCCC(C)C)c(O)c(OC)c1O)O2)C4. The van der Waals surface area contributed by atoms with Gasteiger partial charge < -0.3 is 39.4 Å². The van der Waals surface area contributed by atoms with Crippen LogP contribution in [0.15, 0.2) is 42.5 Å². The van der Waals surface area contributed by atoms with E-state index in [9.17, 15) is 20.4 Å². The third-order valence-corrected chi connectivity index (χ3v) is 13.4. The molecule has 0 amide bonds. The first kappa shape index (κ1) is 34.1. The number of aliphatic hydroxyl groups is 1. The van der Waals surface area contributed by atoms with Crippen molar-refractivity contribution in [3.8, 4) is 51.4 Å². The fourth-order valence-corrected chi connectivity index (χ4v) is 11.0. The molecular weight excluding hydrogens is 661 g/mol. The molecule has 7 rings (SSSR count). The third-order valence-electron chi connectivity index (χ3n) is 10.6.